The van der Waals surface area contributed by atoms with Crippen LogP contribution in [0.15, 0.2) is 35.3 Å². The number of rotatable bonds is 18. The number of thiol groups is 1. The van der Waals surface area contributed by atoms with Gasteiger partial charge in [-0.3, -0.25) is 19.4 Å². The number of hydrogen-bond donors (Lipinski definition) is 9. The van der Waals surface area contributed by atoms with Crippen molar-refractivity contribution in [3.8, 4) is 0 Å². The minimum atomic E-state index is -1.23. The Balaban J connectivity index is 3.05. The third-order valence-corrected chi connectivity index (χ3v) is 5.98. The van der Waals surface area contributed by atoms with Crippen LogP contribution in [0.2, 0.25) is 0 Å². The van der Waals surface area contributed by atoms with Crippen molar-refractivity contribution in [2.24, 2.45) is 27.9 Å². The monoisotopic (exact) mass is 552 g/mol. The number of carbonyl (C=O) groups is 4. The summed E-state index contributed by atoms with van der Waals surface area (Å²) in [5.74, 6) is -3.12. The van der Waals surface area contributed by atoms with Gasteiger partial charge >= 0.3 is 5.97 Å². The first kappa shape index (κ1) is 32.7. The molecule has 0 saturated carbocycles. The Hall–Kier alpha value is -3.36. The first-order chi connectivity index (χ1) is 18.1. The number of guanidine groups is 1. The van der Waals surface area contributed by atoms with E-state index in [4.69, 9.17) is 22.9 Å². The van der Waals surface area contributed by atoms with E-state index in [0.29, 0.717) is 25.8 Å². The van der Waals surface area contributed by atoms with Crippen LogP contribution in [0.25, 0.3) is 0 Å². The van der Waals surface area contributed by atoms with Crippen molar-refractivity contribution < 1.29 is 24.3 Å². The average molecular weight is 553 g/mol. The predicted octanol–water partition coefficient (Wildman–Crippen LogP) is -1.79. The molecule has 4 unspecified atom stereocenters. The lowest BCUT2D eigenvalue weighted by Gasteiger charge is -2.25. The van der Waals surface area contributed by atoms with Crippen LogP contribution in [0.1, 0.15) is 37.7 Å². The average Bonchev–Trinajstić information content (AvgIpc) is 2.89. The molecule has 0 spiro atoms. The summed E-state index contributed by atoms with van der Waals surface area (Å²) < 4.78 is 0. The van der Waals surface area contributed by atoms with E-state index in [2.05, 4.69) is 33.6 Å². The van der Waals surface area contributed by atoms with Gasteiger partial charge in [-0.1, -0.05) is 30.3 Å². The number of aliphatic carboxylic acids is 1. The zero-order chi connectivity index (χ0) is 28.5. The molecule has 0 aliphatic rings. The molecule has 0 fully saturated rings. The number of amides is 3. The number of nitrogens with zero attached hydrogens (tertiary/aromatic N) is 1. The summed E-state index contributed by atoms with van der Waals surface area (Å²) in [4.78, 5) is 54.4. The Morgan fingerprint density at radius 2 is 1.42 bits per heavy atom. The zero-order valence-corrected chi connectivity index (χ0v) is 22.2. The molecule has 13 nitrogen and oxygen atoms in total. The predicted molar refractivity (Wildman–Crippen MR) is 148 cm³/mol. The van der Waals surface area contributed by atoms with E-state index in [1.165, 1.54) is 0 Å². The molecule has 0 bridgehead atoms. The molecule has 0 aromatic heterocycles. The summed E-state index contributed by atoms with van der Waals surface area (Å²) in [6.45, 7) is 0.605. The summed E-state index contributed by atoms with van der Waals surface area (Å²) in [5.41, 5.74) is 22.7. The van der Waals surface area contributed by atoms with Crippen LogP contribution in [-0.4, -0.2) is 77.8 Å². The number of aliphatic imine (C=N–C) groups is 1. The number of benzene rings is 1. The van der Waals surface area contributed by atoms with Crippen molar-refractivity contribution >= 4 is 42.3 Å². The maximum Gasteiger partial charge on any atom is 0.326 e. The van der Waals surface area contributed by atoms with Gasteiger partial charge in [0.1, 0.15) is 18.1 Å². The normalized spacial score (nSPS) is 13.9. The molecule has 12 N–H and O–H groups in total. The molecule has 0 heterocycles. The van der Waals surface area contributed by atoms with Crippen LogP contribution < -0.4 is 38.9 Å². The molecule has 0 saturated heterocycles. The van der Waals surface area contributed by atoms with Gasteiger partial charge in [-0.15, -0.1) is 0 Å². The largest absolute Gasteiger partial charge is 0.480 e. The van der Waals surface area contributed by atoms with Crippen LogP contribution in [0.4, 0.5) is 0 Å². The highest BCUT2D eigenvalue weighted by Crippen LogP contribution is 2.08. The van der Waals surface area contributed by atoms with E-state index in [1.54, 1.807) is 30.3 Å². The van der Waals surface area contributed by atoms with E-state index >= 15 is 0 Å². The van der Waals surface area contributed by atoms with Crippen LogP contribution >= 0.6 is 12.6 Å². The van der Waals surface area contributed by atoms with Crippen molar-refractivity contribution in [3.05, 3.63) is 35.9 Å². The maximum atomic E-state index is 13.2. The number of carboxylic acids is 1. The number of nitrogens with one attached hydrogen (secondary N) is 3. The van der Waals surface area contributed by atoms with Gasteiger partial charge in [0.25, 0.3) is 0 Å². The minimum absolute atomic E-state index is 0.0516. The highest BCUT2D eigenvalue weighted by Gasteiger charge is 2.30. The lowest BCUT2D eigenvalue weighted by molar-refractivity contribution is -0.142. The van der Waals surface area contributed by atoms with Crippen LogP contribution in [0, 0.1) is 0 Å². The van der Waals surface area contributed by atoms with E-state index in [9.17, 15) is 24.3 Å². The molecular formula is C24H40N8O5S. The molecule has 1 rings (SSSR count). The Bertz CT molecular complexity index is 930. The van der Waals surface area contributed by atoms with Gasteiger partial charge in [0, 0.05) is 18.7 Å². The van der Waals surface area contributed by atoms with Crippen molar-refractivity contribution in [2.45, 2.75) is 62.7 Å². The molecule has 212 valence electrons. The van der Waals surface area contributed by atoms with Crippen LogP contribution in [-0.2, 0) is 25.6 Å². The standard InChI is InChI=1S/C24H40N8O5S/c25-11-5-4-9-17(30-20(33)16(26)14-38)21(34)31-18(10-6-12-29-24(27)28)22(35)32-19(23(36)37)13-15-7-2-1-3-8-15/h1-3,7-8,16-19,38H,4-6,9-14,25-26H2,(H,30,33)(H,31,34)(H,32,35)(H,36,37)(H4,27,28,29). The molecule has 14 heteroatoms. The summed E-state index contributed by atoms with van der Waals surface area (Å²) >= 11 is 4.01. The van der Waals surface area contributed by atoms with Crippen LogP contribution in [0.3, 0.4) is 0 Å². The topological polar surface area (TPSA) is 241 Å². The Labute approximate surface area is 228 Å². The Morgan fingerprint density at radius 1 is 0.868 bits per heavy atom. The van der Waals surface area contributed by atoms with Gasteiger partial charge in [0.2, 0.25) is 17.7 Å². The SMILES string of the molecule is NCCCCC(NC(=O)C(N)CS)C(=O)NC(CCCN=C(N)N)C(=O)NC(Cc1ccccc1)C(=O)O. The second kappa shape index (κ2) is 18.0. The molecule has 0 radical (unpaired) electrons. The van der Waals surface area contributed by atoms with Crippen molar-refractivity contribution in [1.82, 2.24) is 16.0 Å². The summed E-state index contributed by atoms with van der Waals surface area (Å²) in [6, 6.07) is 4.59. The van der Waals surface area contributed by atoms with Gasteiger partial charge < -0.3 is 44.0 Å². The van der Waals surface area contributed by atoms with E-state index in [1.807, 2.05) is 0 Å². The third-order valence-electron chi connectivity index (χ3n) is 5.59. The number of carbonyl (C=O) groups excluding carboxylic acids is 3. The smallest absolute Gasteiger partial charge is 0.326 e. The highest BCUT2D eigenvalue weighted by molar-refractivity contribution is 7.80. The maximum absolute atomic E-state index is 13.2. The lowest BCUT2D eigenvalue weighted by atomic mass is 10.0. The fourth-order valence-electron chi connectivity index (χ4n) is 3.49. The first-order valence-corrected chi connectivity index (χ1v) is 13.0. The molecule has 1 aromatic rings. The fraction of sp³-hybridized carbons (Fsp3) is 0.542. The van der Waals surface area contributed by atoms with E-state index < -0.39 is 47.9 Å². The first-order valence-electron chi connectivity index (χ1n) is 12.4. The Morgan fingerprint density at radius 3 is 1.95 bits per heavy atom. The third kappa shape index (κ3) is 12.7. The molecule has 4 atom stereocenters. The summed E-state index contributed by atoms with van der Waals surface area (Å²) in [7, 11) is 0. The number of hydrogen-bond acceptors (Lipinski definition) is 8. The van der Waals surface area contributed by atoms with Gasteiger partial charge in [-0.25, -0.2) is 4.79 Å². The van der Waals surface area contributed by atoms with E-state index in [0.717, 1.165) is 5.56 Å². The second-order valence-electron chi connectivity index (χ2n) is 8.73. The molecule has 0 aliphatic heterocycles. The molecule has 3 amide bonds. The zero-order valence-electron chi connectivity index (χ0n) is 21.3. The van der Waals surface area contributed by atoms with Crippen molar-refractivity contribution in [3.63, 3.8) is 0 Å². The molecule has 38 heavy (non-hydrogen) atoms. The number of carboxylic acid groups (broad SMARTS) is 1. The van der Waals surface area contributed by atoms with Gasteiger partial charge in [0.15, 0.2) is 5.96 Å². The Kier molecular flexibility index (Phi) is 15.5. The lowest BCUT2D eigenvalue weighted by Crippen LogP contribution is -2.57. The second-order valence-corrected chi connectivity index (χ2v) is 9.10. The van der Waals surface area contributed by atoms with Gasteiger partial charge in [0.05, 0.1) is 6.04 Å². The summed E-state index contributed by atoms with van der Waals surface area (Å²) in [6.07, 6.45) is 1.93. The highest BCUT2D eigenvalue weighted by atomic mass is 32.1. The number of nitrogens with two attached hydrogens (primary N) is 4. The quantitative estimate of drug-likeness (QED) is 0.0431. The van der Waals surface area contributed by atoms with Crippen LogP contribution in [0.5, 0.6) is 0 Å². The fourth-order valence-corrected chi connectivity index (χ4v) is 3.66. The number of unbranched alkanes of at least 4 members (excludes halogenated alkanes) is 1. The molecule has 0 aliphatic carbocycles. The molecule has 1 aromatic carbocycles. The van der Waals surface area contributed by atoms with E-state index in [-0.39, 0.29) is 37.5 Å². The molecular weight excluding hydrogens is 512 g/mol. The minimum Gasteiger partial charge on any atom is -0.480 e. The summed E-state index contributed by atoms with van der Waals surface area (Å²) in [5, 5.41) is 17.4. The van der Waals surface area contributed by atoms with Crippen molar-refractivity contribution in [2.75, 3.05) is 18.8 Å². The van der Waals surface area contributed by atoms with Gasteiger partial charge in [-0.05, 0) is 44.2 Å². The van der Waals surface area contributed by atoms with Crippen molar-refractivity contribution in [1.29, 1.82) is 0 Å². The van der Waals surface area contributed by atoms with Gasteiger partial charge in [-0.2, -0.15) is 12.6 Å².